The van der Waals surface area contributed by atoms with Crippen molar-refractivity contribution in [2.75, 3.05) is 27.3 Å². The van der Waals surface area contributed by atoms with E-state index in [9.17, 15) is 8.42 Å². The highest BCUT2D eigenvalue weighted by molar-refractivity contribution is 7.89. The molecule has 0 aromatic carbocycles. The summed E-state index contributed by atoms with van der Waals surface area (Å²) < 4.78 is 33.6. The van der Waals surface area contributed by atoms with E-state index in [1.165, 1.54) is 4.31 Å². The SMILES string of the molecule is CNCc1cc(S(=O)(=O)N(C)C2CCOC2)cn1C. The molecule has 0 aliphatic carbocycles. The van der Waals surface area contributed by atoms with Crippen LogP contribution in [-0.2, 0) is 28.4 Å². The highest BCUT2D eigenvalue weighted by Crippen LogP contribution is 2.22. The fourth-order valence-corrected chi connectivity index (χ4v) is 3.71. The molecule has 2 rings (SSSR count). The lowest BCUT2D eigenvalue weighted by molar-refractivity contribution is 0.181. The van der Waals surface area contributed by atoms with E-state index in [4.69, 9.17) is 4.74 Å². The molecule has 1 atom stereocenters. The van der Waals surface area contributed by atoms with Gasteiger partial charge < -0.3 is 14.6 Å². The van der Waals surface area contributed by atoms with Gasteiger partial charge in [-0.15, -0.1) is 0 Å². The van der Waals surface area contributed by atoms with Crippen molar-refractivity contribution in [1.82, 2.24) is 14.2 Å². The molecule has 0 bridgehead atoms. The average Bonchev–Trinajstić information content (AvgIpc) is 2.99. The van der Waals surface area contributed by atoms with Crippen molar-refractivity contribution in [1.29, 1.82) is 0 Å². The van der Waals surface area contributed by atoms with Gasteiger partial charge in [-0.1, -0.05) is 0 Å². The Balaban J connectivity index is 2.25. The molecule has 7 heteroatoms. The number of nitrogens with one attached hydrogen (secondary N) is 1. The molecular formula is C12H21N3O3S. The molecule has 1 aliphatic rings. The van der Waals surface area contributed by atoms with E-state index < -0.39 is 10.0 Å². The third-order valence-corrected chi connectivity index (χ3v) is 5.41. The first-order chi connectivity index (χ1) is 8.96. The van der Waals surface area contributed by atoms with E-state index in [1.807, 2.05) is 18.7 Å². The normalized spacial score (nSPS) is 20.3. The zero-order valence-corrected chi connectivity index (χ0v) is 12.4. The van der Waals surface area contributed by atoms with Crippen molar-refractivity contribution in [3.05, 3.63) is 18.0 Å². The van der Waals surface area contributed by atoms with Crippen LogP contribution in [0.5, 0.6) is 0 Å². The molecule has 0 amide bonds. The van der Waals surface area contributed by atoms with Gasteiger partial charge in [0, 0.05) is 39.1 Å². The molecule has 2 heterocycles. The molecule has 6 nitrogen and oxygen atoms in total. The maximum absolute atomic E-state index is 12.5. The number of nitrogens with zero attached hydrogens (tertiary/aromatic N) is 2. The lowest BCUT2D eigenvalue weighted by Gasteiger charge is -2.21. The molecule has 108 valence electrons. The molecule has 1 aromatic rings. The number of likely N-dealkylation sites (N-methyl/N-ethyl adjacent to an activating group) is 1. The topological polar surface area (TPSA) is 63.6 Å². The molecule has 0 spiro atoms. The Hall–Kier alpha value is -0.890. The highest BCUT2D eigenvalue weighted by atomic mass is 32.2. The van der Waals surface area contributed by atoms with Crippen molar-refractivity contribution in [3.8, 4) is 0 Å². The van der Waals surface area contributed by atoms with E-state index in [-0.39, 0.29) is 6.04 Å². The third kappa shape index (κ3) is 2.84. The summed E-state index contributed by atoms with van der Waals surface area (Å²) in [5, 5.41) is 3.02. The minimum atomic E-state index is -3.44. The molecule has 19 heavy (non-hydrogen) atoms. The quantitative estimate of drug-likeness (QED) is 0.837. The van der Waals surface area contributed by atoms with E-state index in [0.29, 0.717) is 24.7 Å². The Labute approximate surface area is 114 Å². The van der Waals surface area contributed by atoms with Gasteiger partial charge in [0.15, 0.2) is 0 Å². The minimum Gasteiger partial charge on any atom is -0.380 e. The molecule has 1 aromatic heterocycles. The van der Waals surface area contributed by atoms with Gasteiger partial charge in [0.05, 0.1) is 12.6 Å². The molecule has 1 saturated heterocycles. The van der Waals surface area contributed by atoms with Crippen LogP contribution in [0.3, 0.4) is 0 Å². The van der Waals surface area contributed by atoms with Gasteiger partial charge in [-0.05, 0) is 19.5 Å². The van der Waals surface area contributed by atoms with Crippen molar-refractivity contribution in [2.24, 2.45) is 7.05 Å². The second-order valence-electron chi connectivity index (χ2n) is 4.85. The summed E-state index contributed by atoms with van der Waals surface area (Å²) in [7, 11) is 1.87. The fraction of sp³-hybridized carbons (Fsp3) is 0.667. The second kappa shape index (κ2) is 5.62. The number of aromatic nitrogens is 1. The number of hydrogen-bond donors (Lipinski definition) is 1. The van der Waals surface area contributed by atoms with Gasteiger partial charge in [-0.2, -0.15) is 4.31 Å². The summed E-state index contributed by atoms with van der Waals surface area (Å²) in [4.78, 5) is 0.342. The Bertz CT molecular complexity index is 532. The largest absolute Gasteiger partial charge is 0.380 e. The second-order valence-corrected chi connectivity index (χ2v) is 6.84. The Morgan fingerprint density at radius 2 is 2.32 bits per heavy atom. The van der Waals surface area contributed by atoms with Crippen LogP contribution in [0.2, 0.25) is 0 Å². The van der Waals surface area contributed by atoms with Gasteiger partial charge in [-0.25, -0.2) is 8.42 Å². The Morgan fingerprint density at radius 1 is 1.58 bits per heavy atom. The smallest absolute Gasteiger partial charge is 0.244 e. The minimum absolute atomic E-state index is 0.0574. The number of ether oxygens (including phenoxy) is 1. The van der Waals surface area contributed by atoms with Crippen LogP contribution in [0, 0.1) is 0 Å². The molecule has 0 radical (unpaired) electrons. The van der Waals surface area contributed by atoms with Crippen molar-refractivity contribution >= 4 is 10.0 Å². The number of aryl methyl sites for hydroxylation is 1. The molecular weight excluding hydrogens is 266 g/mol. The first-order valence-corrected chi connectivity index (χ1v) is 7.76. The first kappa shape index (κ1) is 14.5. The van der Waals surface area contributed by atoms with E-state index in [2.05, 4.69) is 5.32 Å². The number of sulfonamides is 1. The van der Waals surface area contributed by atoms with Gasteiger partial charge >= 0.3 is 0 Å². The van der Waals surface area contributed by atoms with Crippen molar-refractivity contribution < 1.29 is 13.2 Å². The summed E-state index contributed by atoms with van der Waals surface area (Å²) in [6, 6.07) is 1.66. The predicted octanol–water partition coefficient (Wildman–Crippen LogP) is 0.154. The maximum atomic E-state index is 12.5. The summed E-state index contributed by atoms with van der Waals surface area (Å²) in [5.74, 6) is 0. The van der Waals surface area contributed by atoms with Crippen LogP contribution in [0.15, 0.2) is 17.2 Å². The molecule has 1 aliphatic heterocycles. The van der Waals surface area contributed by atoms with Crippen molar-refractivity contribution in [2.45, 2.75) is 23.9 Å². The summed E-state index contributed by atoms with van der Waals surface area (Å²) in [6.45, 7) is 1.75. The molecule has 0 saturated carbocycles. The van der Waals surface area contributed by atoms with Crippen LogP contribution in [0.25, 0.3) is 0 Å². The maximum Gasteiger partial charge on any atom is 0.244 e. The average molecular weight is 287 g/mol. The summed E-state index contributed by atoms with van der Waals surface area (Å²) in [5.41, 5.74) is 0.942. The lowest BCUT2D eigenvalue weighted by Crippen LogP contribution is -2.37. The van der Waals surface area contributed by atoms with Crippen LogP contribution in [0.4, 0.5) is 0 Å². The lowest BCUT2D eigenvalue weighted by atomic mass is 10.3. The predicted molar refractivity (Wildman–Crippen MR) is 72.3 cm³/mol. The standard InChI is InChI=1S/C12H21N3O3S/c1-13-7-11-6-12(8-14(11)2)19(16,17)15(3)10-4-5-18-9-10/h6,8,10,13H,4-5,7,9H2,1-3H3. The van der Waals surface area contributed by atoms with E-state index in [0.717, 1.165) is 12.1 Å². The summed E-state index contributed by atoms with van der Waals surface area (Å²) >= 11 is 0. The van der Waals surface area contributed by atoms with Gasteiger partial charge in [0.2, 0.25) is 10.0 Å². The Morgan fingerprint density at radius 3 is 2.89 bits per heavy atom. The van der Waals surface area contributed by atoms with Crippen LogP contribution in [0.1, 0.15) is 12.1 Å². The van der Waals surface area contributed by atoms with Gasteiger partial charge in [0.25, 0.3) is 0 Å². The molecule has 1 fully saturated rings. The summed E-state index contributed by atoms with van der Waals surface area (Å²) in [6.07, 6.45) is 2.42. The third-order valence-electron chi connectivity index (χ3n) is 3.54. The Kier molecular flexibility index (Phi) is 4.29. The first-order valence-electron chi connectivity index (χ1n) is 6.32. The number of rotatable bonds is 5. The van der Waals surface area contributed by atoms with Crippen LogP contribution >= 0.6 is 0 Å². The van der Waals surface area contributed by atoms with Crippen LogP contribution in [-0.4, -0.2) is 50.6 Å². The monoisotopic (exact) mass is 287 g/mol. The zero-order valence-electron chi connectivity index (χ0n) is 11.6. The molecule has 1 N–H and O–H groups in total. The fourth-order valence-electron chi connectivity index (χ4n) is 2.25. The van der Waals surface area contributed by atoms with Crippen LogP contribution < -0.4 is 5.32 Å². The zero-order chi connectivity index (χ0) is 14.0. The number of hydrogen-bond acceptors (Lipinski definition) is 4. The molecule has 1 unspecified atom stereocenters. The van der Waals surface area contributed by atoms with Gasteiger partial charge in [-0.3, -0.25) is 0 Å². The van der Waals surface area contributed by atoms with Gasteiger partial charge in [0.1, 0.15) is 4.90 Å². The van der Waals surface area contributed by atoms with E-state index >= 15 is 0 Å². The highest BCUT2D eigenvalue weighted by Gasteiger charge is 2.31. The van der Waals surface area contributed by atoms with E-state index in [1.54, 1.807) is 19.3 Å². The van der Waals surface area contributed by atoms with Crippen molar-refractivity contribution in [3.63, 3.8) is 0 Å².